The molecule has 0 aliphatic carbocycles. The summed E-state index contributed by atoms with van der Waals surface area (Å²) in [5.41, 5.74) is 1.82. The van der Waals surface area contributed by atoms with Crippen molar-refractivity contribution in [2.75, 3.05) is 0 Å². The summed E-state index contributed by atoms with van der Waals surface area (Å²) in [6.07, 6.45) is 0. The standard InChI is InChI=1S/C21H41N/c1-15(2)16(3,4)22-20(11,12)18(7,8)17(5,6)19(9,10)21(22,13)14/h1H2,2-14H3. The van der Waals surface area contributed by atoms with Crippen LogP contribution in [0, 0.1) is 16.2 Å². The third-order valence-electron chi connectivity index (χ3n) is 8.91. The van der Waals surface area contributed by atoms with E-state index in [0.29, 0.717) is 0 Å². The van der Waals surface area contributed by atoms with E-state index in [1.54, 1.807) is 0 Å². The lowest BCUT2D eigenvalue weighted by Crippen LogP contribution is -2.81. The minimum atomic E-state index is -0.0436. The third kappa shape index (κ3) is 1.93. The van der Waals surface area contributed by atoms with Gasteiger partial charge in [-0.25, -0.2) is 0 Å². The normalized spacial score (nSPS) is 29.1. The highest BCUT2D eigenvalue weighted by Gasteiger charge is 2.69. The monoisotopic (exact) mass is 307 g/mol. The molecule has 0 amide bonds. The Morgan fingerprint density at radius 1 is 0.682 bits per heavy atom. The van der Waals surface area contributed by atoms with Gasteiger partial charge < -0.3 is 0 Å². The molecule has 130 valence electrons. The van der Waals surface area contributed by atoms with Crippen LogP contribution in [0.1, 0.15) is 90.0 Å². The molecule has 0 bridgehead atoms. The smallest absolute Gasteiger partial charge is 0.0369 e. The number of hydrogen-bond donors (Lipinski definition) is 0. The van der Waals surface area contributed by atoms with Crippen LogP contribution in [0.4, 0.5) is 0 Å². The van der Waals surface area contributed by atoms with Crippen LogP contribution in [0.2, 0.25) is 0 Å². The van der Waals surface area contributed by atoms with Gasteiger partial charge in [0.25, 0.3) is 0 Å². The zero-order valence-corrected chi connectivity index (χ0v) is 17.7. The minimum Gasteiger partial charge on any atom is -0.283 e. The molecular weight excluding hydrogens is 266 g/mol. The van der Waals surface area contributed by atoms with E-state index in [1.807, 2.05) is 0 Å². The summed E-state index contributed by atoms with van der Waals surface area (Å²) in [7, 11) is 0. The van der Waals surface area contributed by atoms with E-state index >= 15 is 0 Å². The lowest BCUT2D eigenvalue weighted by molar-refractivity contribution is -0.267. The van der Waals surface area contributed by atoms with Gasteiger partial charge in [-0.3, -0.25) is 4.90 Å². The summed E-state index contributed by atoms with van der Waals surface area (Å²) in [6, 6.07) is 0. The fourth-order valence-corrected chi connectivity index (χ4v) is 5.16. The number of nitrogens with zero attached hydrogens (tertiary/aromatic N) is 1. The van der Waals surface area contributed by atoms with Crippen LogP contribution < -0.4 is 0 Å². The van der Waals surface area contributed by atoms with Crippen molar-refractivity contribution >= 4 is 0 Å². The van der Waals surface area contributed by atoms with Crippen LogP contribution in [0.3, 0.4) is 0 Å². The molecule has 0 saturated carbocycles. The highest BCUT2D eigenvalue weighted by molar-refractivity contribution is 5.26. The molecule has 1 nitrogen and oxygen atoms in total. The number of likely N-dealkylation sites (tertiary alicyclic amines) is 1. The molecule has 0 N–H and O–H groups in total. The third-order valence-corrected chi connectivity index (χ3v) is 8.91. The molecule has 22 heavy (non-hydrogen) atoms. The molecule has 1 heteroatoms. The first-order valence-electron chi connectivity index (χ1n) is 8.77. The van der Waals surface area contributed by atoms with Gasteiger partial charge in [-0.2, -0.15) is 0 Å². The second-order valence-electron chi connectivity index (χ2n) is 10.7. The summed E-state index contributed by atoms with van der Waals surface area (Å²) < 4.78 is 0. The van der Waals surface area contributed by atoms with Crippen LogP contribution in [-0.4, -0.2) is 21.5 Å². The van der Waals surface area contributed by atoms with Crippen molar-refractivity contribution < 1.29 is 0 Å². The largest absolute Gasteiger partial charge is 0.283 e. The first-order valence-corrected chi connectivity index (χ1v) is 8.77. The van der Waals surface area contributed by atoms with Gasteiger partial charge in [0.2, 0.25) is 0 Å². The quantitative estimate of drug-likeness (QED) is 0.542. The molecule has 0 atom stereocenters. The topological polar surface area (TPSA) is 3.24 Å². The Kier molecular flexibility index (Phi) is 4.15. The van der Waals surface area contributed by atoms with E-state index < -0.39 is 0 Å². The molecule has 1 aliphatic rings. The highest BCUT2D eigenvalue weighted by atomic mass is 15.3. The Morgan fingerprint density at radius 2 is 0.955 bits per heavy atom. The zero-order chi connectivity index (χ0) is 18.2. The molecule has 0 aromatic heterocycles. The van der Waals surface area contributed by atoms with Gasteiger partial charge in [0, 0.05) is 16.6 Å². The molecule has 1 saturated heterocycles. The molecule has 0 aromatic carbocycles. The maximum Gasteiger partial charge on any atom is 0.0369 e. The van der Waals surface area contributed by atoms with Crippen LogP contribution in [0.5, 0.6) is 0 Å². The lowest BCUT2D eigenvalue weighted by atomic mass is 9.40. The number of rotatable bonds is 2. The van der Waals surface area contributed by atoms with Crippen molar-refractivity contribution in [2.45, 2.75) is 107 Å². The minimum absolute atomic E-state index is 0.0436. The number of piperidine rings is 1. The van der Waals surface area contributed by atoms with E-state index in [2.05, 4.69) is 101 Å². The molecule has 1 aliphatic heterocycles. The first kappa shape index (κ1) is 19.7. The highest BCUT2D eigenvalue weighted by Crippen LogP contribution is 2.68. The van der Waals surface area contributed by atoms with Gasteiger partial charge in [0.1, 0.15) is 0 Å². The van der Waals surface area contributed by atoms with Crippen molar-refractivity contribution in [3.05, 3.63) is 12.2 Å². The van der Waals surface area contributed by atoms with Crippen molar-refractivity contribution in [1.29, 1.82) is 0 Å². The van der Waals surface area contributed by atoms with Gasteiger partial charge in [-0.05, 0) is 64.7 Å². The Labute approximate surface area is 140 Å². The predicted octanol–water partition coefficient (Wildman–Crippen LogP) is 6.29. The molecule has 1 heterocycles. The Bertz CT molecular complexity index is 442. The summed E-state index contributed by atoms with van der Waals surface area (Å²) in [6.45, 7) is 35.6. The predicted molar refractivity (Wildman–Crippen MR) is 100 cm³/mol. The van der Waals surface area contributed by atoms with Crippen molar-refractivity contribution in [3.8, 4) is 0 Å². The summed E-state index contributed by atoms with van der Waals surface area (Å²) in [5, 5.41) is 0. The van der Waals surface area contributed by atoms with Crippen molar-refractivity contribution in [1.82, 2.24) is 4.90 Å². The summed E-state index contributed by atoms with van der Waals surface area (Å²) in [5.74, 6) is 0. The van der Waals surface area contributed by atoms with Gasteiger partial charge >= 0.3 is 0 Å². The maximum absolute atomic E-state index is 4.32. The lowest BCUT2D eigenvalue weighted by Gasteiger charge is -2.77. The van der Waals surface area contributed by atoms with Gasteiger partial charge in [-0.1, -0.05) is 53.7 Å². The van der Waals surface area contributed by atoms with E-state index in [-0.39, 0.29) is 32.9 Å². The van der Waals surface area contributed by atoms with Crippen molar-refractivity contribution in [3.63, 3.8) is 0 Å². The van der Waals surface area contributed by atoms with E-state index in [9.17, 15) is 0 Å². The second kappa shape index (κ2) is 4.62. The Balaban J connectivity index is 3.82. The Morgan fingerprint density at radius 3 is 1.18 bits per heavy atom. The number of hydrogen-bond acceptors (Lipinski definition) is 1. The summed E-state index contributed by atoms with van der Waals surface area (Å²) in [4.78, 5) is 2.75. The molecule has 0 aromatic rings. The average molecular weight is 308 g/mol. The van der Waals surface area contributed by atoms with Crippen LogP contribution in [-0.2, 0) is 0 Å². The molecular formula is C21H41N. The molecule has 0 unspecified atom stereocenters. The Hall–Kier alpha value is -0.300. The molecule has 1 rings (SSSR count). The second-order valence-corrected chi connectivity index (χ2v) is 10.7. The molecule has 1 fully saturated rings. The van der Waals surface area contributed by atoms with E-state index in [1.165, 1.54) is 5.57 Å². The fourth-order valence-electron chi connectivity index (χ4n) is 5.16. The van der Waals surface area contributed by atoms with Gasteiger partial charge in [-0.15, -0.1) is 0 Å². The first-order chi connectivity index (χ1) is 9.31. The van der Waals surface area contributed by atoms with Gasteiger partial charge in [0.15, 0.2) is 0 Å². The van der Waals surface area contributed by atoms with Crippen LogP contribution >= 0.6 is 0 Å². The van der Waals surface area contributed by atoms with Gasteiger partial charge in [0.05, 0.1) is 0 Å². The molecule has 0 spiro atoms. The average Bonchev–Trinajstić information content (AvgIpc) is 2.24. The summed E-state index contributed by atoms with van der Waals surface area (Å²) >= 11 is 0. The van der Waals surface area contributed by atoms with E-state index in [0.717, 1.165) is 0 Å². The SMILES string of the molecule is C=C(C)C(C)(C)N1C(C)(C)C(C)(C)C(C)(C)C(C)(C)C1(C)C. The fraction of sp³-hybridized carbons (Fsp3) is 0.905. The maximum atomic E-state index is 4.32. The zero-order valence-electron chi connectivity index (χ0n) is 17.7. The van der Waals surface area contributed by atoms with E-state index in [4.69, 9.17) is 0 Å². The molecule has 0 radical (unpaired) electrons. The van der Waals surface area contributed by atoms with Crippen LogP contribution in [0.25, 0.3) is 0 Å². The van der Waals surface area contributed by atoms with Crippen LogP contribution in [0.15, 0.2) is 12.2 Å². The van der Waals surface area contributed by atoms with Crippen molar-refractivity contribution in [2.24, 2.45) is 16.2 Å².